The number of anilines is 1. The second kappa shape index (κ2) is 6.18. The van der Waals surface area contributed by atoms with Gasteiger partial charge in [-0.1, -0.05) is 0 Å². The summed E-state index contributed by atoms with van der Waals surface area (Å²) in [4.78, 5) is 18.8. The Kier molecular flexibility index (Phi) is 3.99. The number of nitrogen functional groups attached to an aromatic ring is 1. The molecule has 0 bridgehead atoms. The highest BCUT2D eigenvalue weighted by molar-refractivity contribution is 9.10. The number of hydrogen-bond acceptors (Lipinski definition) is 5. The van der Waals surface area contributed by atoms with Gasteiger partial charge in [0.05, 0.1) is 4.47 Å². The van der Waals surface area contributed by atoms with E-state index in [1.54, 1.807) is 0 Å². The molecule has 3 aromatic rings. The minimum Gasteiger partial charge on any atom is -0.450 e. The average Bonchev–Trinajstić information content (AvgIpc) is 3.21. The van der Waals surface area contributed by atoms with Gasteiger partial charge in [-0.15, -0.1) is 5.10 Å². The van der Waals surface area contributed by atoms with Crippen LogP contribution in [-0.2, 0) is 0 Å². The van der Waals surface area contributed by atoms with Crippen LogP contribution in [0.4, 0.5) is 5.95 Å². The van der Waals surface area contributed by atoms with Gasteiger partial charge in [0.15, 0.2) is 5.76 Å². The van der Waals surface area contributed by atoms with E-state index >= 15 is 0 Å². The normalized spacial score (nSPS) is 15.8. The fourth-order valence-corrected chi connectivity index (χ4v) is 4.01. The smallest absolute Gasteiger partial charge is 0.289 e. The number of halogens is 1. The molecule has 1 aromatic carbocycles. The Bertz CT molecular complexity index is 940. The molecule has 8 heteroatoms. The Morgan fingerprint density at radius 2 is 2.12 bits per heavy atom. The fourth-order valence-electron chi connectivity index (χ4n) is 3.34. The molecule has 0 saturated carbocycles. The molecule has 0 unspecified atom stereocenters. The van der Waals surface area contributed by atoms with Crippen LogP contribution in [0.25, 0.3) is 11.0 Å². The van der Waals surface area contributed by atoms with Gasteiger partial charge in [-0.2, -0.15) is 4.98 Å². The molecule has 0 atom stereocenters. The predicted octanol–water partition coefficient (Wildman–Crippen LogP) is 3.22. The van der Waals surface area contributed by atoms with Crippen molar-refractivity contribution in [3.05, 3.63) is 39.8 Å². The van der Waals surface area contributed by atoms with Crippen LogP contribution < -0.4 is 5.73 Å². The monoisotopic (exact) mass is 403 g/mol. The zero-order chi connectivity index (χ0) is 17.6. The first kappa shape index (κ1) is 16.1. The van der Waals surface area contributed by atoms with Crippen LogP contribution in [0.5, 0.6) is 0 Å². The van der Waals surface area contributed by atoms with Gasteiger partial charge >= 0.3 is 0 Å². The second-order valence-corrected chi connectivity index (χ2v) is 7.28. The van der Waals surface area contributed by atoms with Gasteiger partial charge in [0.1, 0.15) is 11.4 Å². The number of nitrogens with two attached hydrogens (primary N) is 1. The van der Waals surface area contributed by atoms with Gasteiger partial charge in [-0.05, 0) is 59.5 Å². The molecule has 1 fully saturated rings. The predicted molar refractivity (Wildman–Crippen MR) is 97.3 cm³/mol. The number of furan rings is 1. The number of likely N-dealkylation sites (tertiary alicyclic amines) is 1. The van der Waals surface area contributed by atoms with E-state index in [0.29, 0.717) is 24.4 Å². The highest BCUT2D eigenvalue weighted by Crippen LogP contribution is 2.31. The molecule has 1 amide bonds. The number of aryl methyl sites for hydroxylation is 1. The Labute approximate surface area is 152 Å². The number of carbonyl (C=O) groups is 1. The van der Waals surface area contributed by atoms with Crippen LogP contribution in [0.3, 0.4) is 0 Å². The number of carbonyl (C=O) groups excluding carboxylic acids is 1. The third-order valence-electron chi connectivity index (χ3n) is 4.61. The number of hydrogen-bond donors (Lipinski definition) is 2. The number of aromatic amines is 1. The number of nitrogens with zero attached hydrogens (tertiary/aromatic N) is 3. The van der Waals surface area contributed by atoms with Crippen molar-refractivity contribution in [2.45, 2.75) is 25.7 Å². The standard InChI is InChI=1S/C17H18BrN5O2/c1-9-6-11-8-13(25-14(11)12(18)7-9)16(24)23-4-2-10(3-5-23)15-20-17(19)22-21-15/h6-8,10H,2-5H2,1H3,(H3,19,20,21,22). The maximum Gasteiger partial charge on any atom is 0.289 e. The summed E-state index contributed by atoms with van der Waals surface area (Å²) < 4.78 is 6.66. The Hall–Kier alpha value is -2.35. The maximum absolute atomic E-state index is 12.8. The Morgan fingerprint density at radius 3 is 2.80 bits per heavy atom. The van der Waals surface area contributed by atoms with Gasteiger partial charge in [-0.25, -0.2) is 0 Å². The van der Waals surface area contributed by atoms with Crippen molar-refractivity contribution in [2.75, 3.05) is 18.8 Å². The molecular formula is C17H18BrN5O2. The first-order valence-corrected chi connectivity index (χ1v) is 8.97. The number of aromatic nitrogens is 3. The van der Waals surface area contributed by atoms with Gasteiger partial charge < -0.3 is 15.1 Å². The highest BCUT2D eigenvalue weighted by Gasteiger charge is 2.28. The van der Waals surface area contributed by atoms with Crippen LogP contribution >= 0.6 is 15.9 Å². The lowest BCUT2D eigenvalue weighted by molar-refractivity contribution is 0.0681. The van der Waals surface area contributed by atoms with Crippen molar-refractivity contribution >= 4 is 38.8 Å². The van der Waals surface area contributed by atoms with Gasteiger partial charge in [-0.3, -0.25) is 9.89 Å². The molecule has 1 aliphatic heterocycles. The van der Waals surface area contributed by atoms with E-state index in [2.05, 4.69) is 31.1 Å². The Morgan fingerprint density at radius 1 is 1.36 bits per heavy atom. The number of rotatable bonds is 2. The summed E-state index contributed by atoms with van der Waals surface area (Å²) in [6, 6.07) is 5.81. The molecule has 0 aliphatic carbocycles. The van der Waals surface area contributed by atoms with E-state index in [0.717, 1.165) is 34.1 Å². The summed E-state index contributed by atoms with van der Waals surface area (Å²) in [7, 11) is 0. The van der Waals surface area contributed by atoms with Crippen molar-refractivity contribution in [2.24, 2.45) is 0 Å². The molecule has 1 aliphatic rings. The number of benzene rings is 1. The molecule has 7 nitrogen and oxygen atoms in total. The number of fused-ring (bicyclic) bond motifs is 1. The number of nitrogens with one attached hydrogen (secondary N) is 1. The molecule has 130 valence electrons. The SMILES string of the molecule is Cc1cc(Br)c2oc(C(=O)N3CCC(c4nc(N)n[nH]4)CC3)cc2c1. The quantitative estimate of drug-likeness (QED) is 0.683. The van der Waals surface area contributed by atoms with E-state index in [4.69, 9.17) is 10.2 Å². The van der Waals surface area contributed by atoms with Crippen molar-refractivity contribution in [1.29, 1.82) is 0 Å². The van der Waals surface area contributed by atoms with E-state index in [-0.39, 0.29) is 17.8 Å². The van der Waals surface area contributed by atoms with Crippen LogP contribution in [0.1, 0.15) is 40.7 Å². The summed E-state index contributed by atoms with van der Waals surface area (Å²) in [6.45, 7) is 3.32. The van der Waals surface area contributed by atoms with Crippen molar-refractivity contribution in [3.63, 3.8) is 0 Å². The van der Waals surface area contributed by atoms with Crippen molar-refractivity contribution < 1.29 is 9.21 Å². The minimum absolute atomic E-state index is 0.0729. The van der Waals surface area contributed by atoms with E-state index in [1.807, 2.05) is 30.0 Å². The molecule has 2 aromatic heterocycles. The topological polar surface area (TPSA) is 101 Å². The summed E-state index contributed by atoms with van der Waals surface area (Å²) >= 11 is 3.50. The third-order valence-corrected chi connectivity index (χ3v) is 5.20. The third kappa shape index (κ3) is 3.02. The summed E-state index contributed by atoms with van der Waals surface area (Å²) in [5.41, 5.74) is 7.39. The maximum atomic E-state index is 12.8. The van der Waals surface area contributed by atoms with Crippen LogP contribution in [0.2, 0.25) is 0 Å². The van der Waals surface area contributed by atoms with E-state index in [1.165, 1.54) is 0 Å². The summed E-state index contributed by atoms with van der Waals surface area (Å²) in [5, 5.41) is 7.67. The molecule has 3 N–H and O–H groups in total. The summed E-state index contributed by atoms with van der Waals surface area (Å²) in [6.07, 6.45) is 1.65. The molecular weight excluding hydrogens is 386 g/mol. The summed E-state index contributed by atoms with van der Waals surface area (Å²) in [5.74, 6) is 1.62. The minimum atomic E-state index is -0.0729. The molecule has 0 radical (unpaired) electrons. The lowest BCUT2D eigenvalue weighted by Crippen LogP contribution is -2.37. The zero-order valence-corrected chi connectivity index (χ0v) is 15.3. The van der Waals surface area contributed by atoms with Gasteiger partial charge in [0.2, 0.25) is 5.95 Å². The second-order valence-electron chi connectivity index (χ2n) is 6.42. The average molecular weight is 404 g/mol. The molecule has 4 rings (SSSR count). The van der Waals surface area contributed by atoms with Crippen LogP contribution in [0, 0.1) is 6.92 Å². The van der Waals surface area contributed by atoms with Crippen LogP contribution in [0.15, 0.2) is 27.1 Å². The lowest BCUT2D eigenvalue weighted by atomic mass is 9.96. The Balaban J connectivity index is 1.50. The molecule has 1 saturated heterocycles. The van der Waals surface area contributed by atoms with Gasteiger partial charge in [0.25, 0.3) is 5.91 Å². The number of piperidine rings is 1. The van der Waals surface area contributed by atoms with Crippen LogP contribution in [-0.4, -0.2) is 39.1 Å². The molecule has 0 spiro atoms. The first-order chi connectivity index (χ1) is 12.0. The zero-order valence-electron chi connectivity index (χ0n) is 13.8. The van der Waals surface area contributed by atoms with E-state index < -0.39 is 0 Å². The number of H-pyrrole nitrogens is 1. The highest BCUT2D eigenvalue weighted by atomic mass is 79.9. The molecule has 25 heavy (non-hydrogen) atoms. The molecule has 3 heterocycles. The van der Waals surface area contributed by atoms with Crippen molar-refractivity contribution in [1.82, 2.24) is 20.1 Å². The lowest BCUT2D eigenvalue weighted by Gasteiger charge is -2.30. The van der Waals surface area contributed by atoms with E-state index in [9.17, 15) is 4.79 Å². The van der Waals surface area contributed by atoms with Gasteiger partial charge in [0, 0.05) is 24.4 Å². The fraction of sp³-hybridized carbons (Fsp3) is 0.353. The number of amides is 1. The largest absolute Gasteiger partial charge is 0.450 e. The first-order valence-electron chi connectivity index (χ1n) is 8.18. The van der Waals surface area contributed by atoms with Crippen molar-refractivity contribution in [3.8, 4) is 0 Å².